The van der Waals surface area contributed by atoms with Crippen molar-refractivity contribution in [3.63, 3.8) is 0 Å². The molecule has 1 aliphatic rings. The van der Waals surface area contributed by atoms with Crippen molar-refractivity contribution in [1.29, 1.82) is 0 Å². The smallest absolute Gasteiger partial charge is 0.0644 e. The Bertz CT molecular complexity index is 113. The first-order valence-electron chi connectivity index (χ1n) is 4.59. The molecule has 1 heterocycles. The van der Waals surface area contributed by atoms with E-state index in [-0.39, 0.29) is 5.60 Å². The third-order valence-electron chi connectivity index (χ3n) is 2.47. The Morgan fingerprint density at radius 2 is 1.91 bits per heavy atom. The lowest BCUT2D eigenvalue weighted by molar-refractivity contribution is -0.00515. The minimum Gasteiger partial charge on any atom is -0.390 e. The predicted molar refractivity (Wildman–Crippen MR) is 46.6 cm³/mol. The van der Waals surface area contributed by atoms with Gasteiger partial charge >= 0.3 is 0 Å². The first kappa shape index (κ1) is 9.01. The molecule has 0 aliphatic carbocycles. The summed E-state index contributed by atoms with van der Waals surface area (Å²) < 4.78 is 0. The van der Waals surface area contributed by atoms with Gasteiger partial charge in [-0.3, -0.25) is 0 Å². The number of hydrogen-bond acceptors (Lipinski definition) is 2. The van der Waals surface area contributed by atoms with Gasteiger partial charge in [0.15, 0.2) is 0 Å². The molecule has 2 heteroatoms. The van der Waals surface area contributed by atoms with E-state index in [4.69, 9.17) is 0 Å². The van der Waals surface area contributed by atoms with Crippen molar-refractivity contribution in [3.05, 3.63) is 0 Å². The lowest BCUT2D eigenvalue weighted by Crippen LogP contribution is -2.42. The average Bonchev–Trinajstić information content (AvgIpc) is 1.94. The Labute approximate surface area is 69.2 Å². The Hall–Kier alpha value is -0.0800. The van der Waals surface area contributed by atoms with Gasteiger partial charge in [0.1, 0.15) is 0 Å². The van der Waals surface area contributed by atoms with Crippen molar-refractivity contribution in [2.75, 3.05) is 19.6 Å². The van der Waals surface area contributed by atoms with Crippen molar-refractivity contribution in [1.82, 2.24) is 4.90 Å². The first-order chi connectivity index (χ1) is 5.14. The summed E-state index contributed by atoms with van der Waals surface area (Å²) in [5.74, 6) is 0. The van der Waals surface area contributed by atoms with Crippen LogP contribution >= 0.6 is 0 Å². The van der Waals surface area contributed by atoms with E-state index in [9.17, 15) is 5.11 Å². The monoisotopic (exact) mass is 157 g/mol. The maximum atomic E-state index is 9.63. The summed E-state index contributed by atoms with van der Waals surface area (Å²) in [6.45, 7) is 7.47. The lowest BCUT2D eigenvalue weighted by atomic mass is 9.94. The maximum Gasteiger partial charge on any atom is 0.0644 e. The van der Waals surface area contributed by atoms with Gasteiger partial charge in [0, 0.05) is 13.1 Å². The van der Waals surface area contributed by atoms with Crippen LogP contribution in [-0.2, 0) is 0 Å². The van der Waals surface area contributed by atoms with Crippen LogP contribution in [0.25, 0.3) is 0 Å². The van der Waals surface area contributed by atoms with E-state index >= 15 is 0 Å². The van der Waals surface area contributed by atoms with E-state index in [2.05, 4.69) is 11.8 Å². The van der Waals surface area contributed by atoms with Crippen LogP contribution in [0.3, 0.4) is 0 Å². The molecule has 2 nitrogen and oxygen atoms in total. The number of hydrogen-bond donors (Lipinski definition) is 1. The number of rotatable bonds is 2. The molecule has 0 aromatic rings. The van der Waals surface area contributed by atoms with Crippen molar-refractivity contribution in [2.24, 2.45) is 0 Å². The number of likely N-dealkylation sites (tertiary alicyclic amines) is 1. The van der Waals surface area contributed by atoms with Crippen LogP contribution in [0.15, 0.2) is 0 Å². The van der Waals surface area contributed by atoms with E-state index in [1.165, 1.54) is 13.0 Å². The van der Waals surface area contributed by atoms with Crippen LogP contribution in [0.4, 0.5) is 0 Å². The molecule has 1 saturated heterocycles. The fourth-order valence-electron chi connectivity index (χ4n) is 1.57. The largest absolute Gasteiger partial charge is 0.390 e. The highest BCUT2D eigenvalue weighted by Gasteiger charge is 2.26. The zero-order chi connectivity index (χ0) is 8.32. The second-order valence-corrected chi connectivity index (χ2v) is 3.84. The Kier molecular flexibility index (Phi) is 2.90. The lowest BCUT2D eigenvalue weighted by Gasteiger charge is -2.35. The number of aliphatic hydroxyl groups is 1. The molecular weight excluding hydrogens is 138 g/mol. The number of piperidine rings is 1. The SMILES string of the molecule is CCCN1CCC(C)(O)CC1. The standard InChI is InChI=1S/C9H19NO/c1-3-6-10-7-4-9(2,11)5-8-10/h11H,3-8H2,1-2H3. The van der Waals surface area contributed by atoms with Gasteiger partial charge in [-0.25, -0.2) is 0 Å². The van der Waals surface area contributed by atoms with Crippen LogP contribution < -0.4 is 0 Å². The predicted octanol–water partition coefficient (Wildman–Crippen LogP) is 1.24. The van der Waals surface area contributed by atoms with Crippen molar-refractivity contribution >= 4 is 0 Å². The normalized spacial score (nSPS) is 25.4. The van der Waals surface area contributed by atoms with Gasteiger partial charge in [0.25, 0.3) is 0 Å². The molecule has 1 aliphatic heterocycles. The zero-order valence-electron chi connectivity index (χ0n) is 7.64. The molecule has 0 unspecified atom stereocenters. The van der Waals surface area contributed by atoms with Crippen LogP contribution in [-0.4, -0.2) is 35.2 Å². The fraction of sp³-hybridized carbons (Fsp3) is 1.00. The Morgan fingerprint density at radius 1 is 1.36 bits per heavy atom. The summed E-state index contributed by atoms with van der Waals surface area (Å²) in [5.41, 5.74) is -0.385. The highest BCUT2D eigenvalue weighted by atomic mass is 16.3. The van der Waals surface area contributed by atoms with Gasteiger partial charge < -0.3 is 10.0 Å². The summed E-state index contributed by atoms with van der Waals surface area (Å²) in [7, 11) is 0. The summed E-state index contributed by atoms with van der Waals surface area (Å²) in [6.07, 6.45) is 3.10. The fourth-order valence-corrected chi connectivity index (χ4v) is 1.57. The van der Waals surface area contributed by atoms with Crippen LogP contribution in [0, 0.1) is 0 Å². The van der Waals surface area contributed by atoms with E-state index < -0.39 is 0 Å². The quantitative estimate of drug-likeness (QED) is 0.652. The van der Waals surface area contributed by atoms with Gasteiger partial charge in [-0.1, -0.05) is 6.92 Å². The highest BCUT2D eigenvalue weighted by molar-refractivity contribution is 4.81. The summed E-state index contributed by atoms with van der Waals surface area (Å²) in [4.78, 5) is 2.43. The third-order valence-corrected chi connectivity index (χ3v) is 2.47. The second kappa shape index (κ2) is 3.55. The average molecular weight is 157 g/mol. The molecular formula is C9H19NO. The minimum atomic E-state index is -0.385. The van der Waals surface area contributed by atoms with Crippen LogP contribution in [0.1, 0.15) is 33.1 Å². The highest BCUT2D eigenvalue weighted by Crippen LogP contribution is 2.20. The summed E-state index contributed by atoms with van der Waals surface area (Å²) in [6, 6.07) is 0. The minimum absolute atomic E-state index is 0.385. The van der Waals surface area contributed by atoms with Crippen molar-refractivity contribution < 1.29 is 5.11 Å². The van der Waals surface area contributed by atoms with E-state index in [1.54, 1.807) is 0 Å². The molecule has 0 atom stereocenters. The van der Waals surface area contributed by atoms with E-state index in [1.807, 2.05) is 6.92 Å². The van der Waals surface area contributed by atoms with Gasteiger partial charge in [-0.15, -0.1) is 0 Å². The van der Waals surface area contributed by atoms with Gasteiger partial charge in [-0.2, -0.15) is 0 Å². The number of nitrogens with zero attached hydrogens (tertiary/aromatic N) is 1. The Balaban J connectivity index is 2.25. The summed E-state index contributed by atoms with van der Waals surface area (Å²) >= 11 is 0. The molecule has 0 amide bonds. The van der Waals surface area contributed by atoms with Gasteiger partial charge in [0.05, 0.1) is 5.60 Å². The molecule has 0 radical (unpaired) electrons. The van der Waals surface area contributed by atoms with Crippen LogP contribution in [0.5, 0.6) is 0 Å². The molecule has 1 rings (SSSR count). The van der Waals surface area contributed by atoms with Crippen molar-refractivity contribution in [3.8, 4) is 0 Å². The van der Waals surface area contributed by atoms with Crippen molar-refractivity contribution in [2.45, 2.75) is 38.7 Å². The van der Waals surface area contributed by atoms with E-state index in [0.29, 0.717) is 0 Å². The molecule has 0 saturated carbocycles. The van der Waals surface area contributed by atoms with Gasteiger partial charge in [0.2, 0.25) is 0 Å². The molecule has 1 N–H and O–H groups in total. The third kappa shape index (κ3) is 2.80. The molecule has 0 aromatic carbocycles. The molecule has 66 valence electrons. The molecule has 0 spiro atoms. The topological polar surface area (TPSA) is 23.5 Å². The van der Waals surface area contributed by atoms with Gasteiger partial charge in [-0.05, 0) is 32.7 Å². The Morgan fingerprint density at radius 3 is 2.36 bits per heavy atom. The van der Waals surface area contributed by atoms with E-state index in [0.717, 1.165) is 25.9 Å². The molecule has 0 bridgehead atoms. The molecule has 11 heavy (non-hydrogen) atoms. The maximum absolute atomic E-state index is 9.63. The molecule has 1 fully saturated rings. The first-order valence-corrected chi connectivity index (χ1v) is 4.59. The van der Waals surface area contributed by atoms with Crippen LogP contribution in [0.2, 0.25) is 0 Å². The zero-order valence-corrected chi connectivity index (χ0v) is 7.64. The second-order valence-electron chi connectivity index (χ2n) is 3.84. The molecule has 0 aromatic heterocycles. The summed E-state index contributed by atoms with van der Waals surface area (Å²) in [5, 5.41) is 9.63.